The largest absolute Gasteiger partial charge is 0.476 e. The third-order valence-corrected chi connectivity index (χ3v) is 2.25. The standard InChI is InChI=1S/C9H7N3O4/c1-11-7-3-2-5(12(15)16)4-6(7)8(10-11)9(13)14/h2-4H,1H3,(H,13,14). The zero-order valence-corrected chi connectivity index (χ0v) is 8.25. The van der Waals surface area contributed by atoms with E-state index in [9.17, 15) is 14.9 Å². The minimum atomic E-state index is -1.20. The first-order valence-electron chi connectivity index (χ1n) is 4.35. The van der Waals surface area contributed by atoms with Gasteiger partial charge >= 0.3 is 5.97 Å². The van der Waals surface area contributed by atoms with Gasteiger partial charge < -0.3 is 5.11 Å². The van der Waals surface area contributed by atoms with Crippen LogP contribution in [0.15, 0.2) is 18.2 Å². The average molecular weight is 221 g/mol. The minimum Gasteiger partial charge on any atom is -0.476 e. The average Bonchev–Trinajstić information content (AvgIpc) is 2.56. The fourth-order valence-corrected chi connectivity index (χ4v) is 1.53. The molecule has 0 spiro atoms. The smallest absolute Gasteiger partial charge is 0.357 e. The topological polar surface area (TPSA) is 98.3 Å². The third-order valence-electron chi connectivity index (χ3n) is 2.25. The zero-order chi connectivity index (χ0) is 11.9. The first-order chi connectivity index (χ1) is 7.50. The number of aromatic nitrogens is 2. The highest BCUT2D eigenvalue weighted by atomic mass is 16.6. The highest BCUT2D eigenvalue weighted by Gasteiger charge is 2.17. The van der Waals surface area contributed by atoms with Crippen LogP contribution in [0.1, 0.15) is 10.5 Å². The van der Waals surface area contributed by atoms with Crippen LogP contribution in [0.25, 0.3) is 10.9 Å². The maximum Gasteiger partial charge on any atom is 0.357 e. The molecule has 0 aliphatic carbocycles. The molecule has 0 fully saturated rings. The van der Waals surface area contributed by atoms with Crippen molar-refractivity contribution in [2.45, 2.75) is 0 Å². The third kappa shape index (κ3) is 1.38. The lowest BCUT2D eigenvalue weighted by Crippen LogP contribution is -1.99. The maximum absolute atomic E-state index is 10.9. The molecule has 16 heavy (non-hydrogen) atoms. The van der Waals surface area contributed by atoms with Crippen molar-refractivity contribution in [2.24, 2.45) is 7.05 Å². The lowest BCUT2D eigenvalue weighted by atomic mass is 10.2. The summed E-state index contributed by atoms with van der Waals surface area (Å²) in [7, 11) is 1.58. The summed E-state index contributed by atoms with van der Waals surface area (Å²) in [5.41, 5.74) is 0.215. The van der Waals surface area contributed by atoms with Gasteiger partial charge in [-0.25, -0.2) is 4.79 Å². The molecule has 2 rings (SSSR count). The van der Waals surface area contributed by atoms with Gasteiger partial charge in [-0.2, -0.15) is 5.10 Å². The molecule has 0 atom stereocenters. The number of rotatable bonds is 2. The number of benzene rings is 1. The van der Waals surface area contributed by atoms with Gasteiger partial charge in [-0.3, -0.25) is 14.8 Å². The van der Waals surface area contributed by atoms with Crippen LogP contribution in [0.4, 0.5) is 5.69 Å². The van der Waals surface area contributed by atoms with Gasteiger partial charge in [-0.15, -0.1) is 0 Å². The van der Waals surface area contributed by atoms with Crippen LogP contribution in [-0.2, 0) is 7.05 Å². The summed E-state index contributed by atoms with van der Waals surface area (Å²) >= 11 is 0. The molecule has 7 heteroatoms. The van der Waals surface area contributed by atoms with Crippen molar-refractivity contribution in [3.63, 3.8) is 0 Å². The molecule has 0 saturated carbocycles. The molecular formula is C9H7N3O4. The number of non-ortho nitro benzene ring substituents is 1. The van der Waals surface area contributed by atoms with E-state index in [0.717, 1.165) is 0 Å². The predicted molar refractivity (Wildman–Crippen MR) is 54.3 cm³/mol. The monoisotopic (exact) mass is 221 g/mol. The number of aryl methyl sites for hydroxylation is 1. The van der Waals surface area contributed by atoms with Gasteiger partial charge in [0.05, 0.1) is 10.4 Å². The molecule has 0 aliphatic rings. The molecule has 7 nitrogen and oxygen atoms in total. The number of nitro benzene ring substituents is 1. The molecule has 0 unspecified atom stereocenters. The van der Waals surface area contributed by atoms with Gasteiger partial charge in [-0.1, -0.05) is 0 Å². The second kappa shape index (κ2) is 3.30. The van der Waals surface area contributed by atoms with Crippen molar-refractivity contribution in [1.82, 2.24) is 9.78 Å². The molecule has 0 aliphatic heterocycles. The molecule has 0 amide bonds. The van der Waals surface area contributed by atoms with Crippen molar-refractivity contribution in [3.05, 3.63) is 34.0 Å². The Morgan fingerprint density at radius 2 is 2.25 bits per heavy atom. The summed E-state index contributed by atoms with van der Waals surface area (Å²) in [4.78, 5) is 20.9. The zero-order valence-electron chi connectivity index (χ0n) is 8.25. The Morgan fingerprint density at radius 1 is 1.56 bits per heavy atom. The molecular weight excluding hydrogens is 214 g/mol. The summed E-state index contributed by atoms with van der Waals surface area (Å²) in [6, 6.07) is 4.01. The van der Waals surface area contributed by atoms with Crippen LogP contribution in [0, 0.1) is 10.1 Å². The van der Waals surface area contributed by atoms with Gasteiger partial charge in [0.2, 0.25) is 0 Å². The number of nitro groups is 1. The van der Waals surface area contributed by atoms with Crippen molar-refractivity contribution >= 4 is 22.6 Å². The van der Waals surface area contributed by atoms with E-state index in [1.54, 1.807) is 7.05 Å². The Kier molecular flexibility index (Phi) is 2.08. The fourth-order valence-electron chi connectivity index (χ4n) is 1.53. The van der Waals surface area contributed by atoms with Gasteiger partial charge in [0.1, 0.15) is 0 Å². The molecule has 2 aromatic rings. The number of carboxylic acids is 1. The molecule has 1 N–H and O–H groups in total. The predicted octanol–water partition coefficient (Wildman–Crippen LogP) is 1.18. The summed E-state index contributed by atoms with van der Waals surface area (Å²) in [5.74, 6) is -1.20. The number of hydrogen-bond acceptors (Lipinski definition) is 4. The number of fused-ring (bicyclic) bond motifs is 1. The molecule has 1 aromatic heterocycles. The van der Waals surface area contributed by atoms with Crippen LogP contribution in [0.3, 0.4) is 0 Å². The molecule has 1 heterocycles. The highest BCUT2D eigenvalue weighted by molar-refractivity contribution is 6.01. The molecule has 0 saturated heterocycles. The summed E-state index contributed by atoms with van der Waals surface area (Å²) in [5, 5.41) is 23.5. The van der Waals surface area contributed by atoms with Crippen molar-refractivity contribution in [2.75, 3.05) is 0 Å². The van der Waals surface area contributed by atoms with Gasteiger partial charge in [0.25, 0.3) is 5.69 Å². The minimum absolute atomic E-state index is 0.150. The number of nitrogens with zero attached hydrogens (tertiary/aromatic N) is 3. The Morgan fingerprint density at radius 3 is 2.81 bits per heavy atom. The number of hydrogen-bond donors (Lipinski definition) is 1. The normalized spacial score (nSPS) is 10.6. The lowest BCUT2D eigenvalue weighted by molar-refractivity contribution is -0.384. The Bertz CT molecular complexity index is 602. The van der Waals surface area contributed by atoms with Crippen LogP contribution in [0.5, 0.6) is 0 Å². The summed E-state index contributed by atoms with van der Waals surface area (Å²) in [6.45, 7) is 0. The summed E-state index contributed by atoms with van der Waals surface area (Å²) < 4.78 is 1.38. The Labute approximate surface area is 89.1 Å². The van der Waals surface area contributed by atoms with Crippen LogP contribution in [0.2, 0.25) is 0 Å². The van der Waals surface area contributed by atoms with Gasteiger partial charge in [0.15, 0.2) is 5.69 Å². The molecule has 0 radical (unpaired) electrons. The van der Waals surface area contributed by atoms with E-state index in [4.69, 9.17) is 5.11 Å². The summed E-state index contributed by atoms with van der Waals surface area (Å²) in [6.07, 6.45) is 0. The Balaban J connectivity index is 2.79. The van der Waals surface area contributed by atoms with E-state index < -0.39 is 10.9 Å². The van der Waals surface area contributed by atoms with E-state index in [2.05, 4.69) is 5.10 Å². The second-order valence-electron chi connectivity index (χ2n) is 3.24. The van der Waals surface area contributed by atoms with E-state index >= 15 is 0 Å². The number of aromatic carboxylic acids is 1. The SMILES string of the molecule is Cn1nc(C(=O)O)c2cc([N+](=O)[O-])ccc21. The van der Waals surface area contributed by atoms with Crippen molar-refractivity contribution in [3.8, 4) is 0 Å². The Hall–Kier alpha value is -2.44. The molecule has 82 valence electrons. The quantitative estimate of drug-likeness (QED) is 0.606. The van der Waals surface area contributed by atoms with Crippen LogP contribution >= 0.6 is 0 Å². The lowest BCUT2D eigenvalue weighted by Gasteiger charge is -1.93. The number of carbonyl (C=O) groups is 1. The first kappa shape index (κ1) is 10.1. The van der Waals surface area contributed by atoms with E-state index in [1.807, 2.05) is 0 Å². The maximum atomic E-state index is 10.9. The van der Waals surface area contributed by atoms with Gasteiger partial charge in [0, 0.05) is 24.6 Å². The van der Waals surface area contributed by atoms with E-state index in [1.165, 1.54) is 22.9 Å². The van der Waals surface area contributed by atoms with E-state index in [-0.39, 0.29) is 16.8 Å². The highest BCUT2D eigenvalue weighted by Crippen LogP contribution is 2.23. The van der Waals surface area contributed by atoms with Crippen LogP contribution in [-0.4, -0.2) is 25.8 Å². The van der Waals surface area contributed by atoms with Gasteiger partial charge in [-0.05, 0) is 6.07 Å². The molecule has 1 aromatic carbocycles. The first-order valence-corrected chi connectivity index (χ1v) is 4.35. The molecule has 0 bridgehead atoms. The second-order valence-corrected chi connectivity index (χ2v) is 3.24. The fraction of sp³-hybridized carbons (Fsp3) is 0.111. The van der Waals surface area contributed by atoms with E-state index in [0.29, 0.717) is 5.52 Å². The van der Waals surface area contributed by atoms with Crippen molar-refractivity contribution in [1.29, 1.82) is 0 Å². The number of carboxylic acid groups (broad SMARTS) is 1. The van der Waals surface area contributed by atoms with Crippen LogP contribution < -0.4 is 0 Å². The van der Waals surface area contributed by atoms with Crippen molar-refractivity contribution < 1.29 is 14.8 Å².